The number of nitrogens with zero attached hydrogens (tertiary/aromatic N) is 5. The van der Waals surface area contributed by atoms with Crippen LogP contribution in [0.5, 0.6) is 0 Å². The van der Waals surface area contributed by atoms with Crippen molar-refractivity contribution >= 4 is 33.9 Å². The normalized spacial score (nSPS) is 16.1. The highest BCUT2D eigenvalue weighted by Gasteiger charge is 2.38. The van der Waals surface area contributed by atoms with Crippen LogP contribution in [0.15, 0.2) is 41.9 Å². The Morgan fingerprint density at radius 2 is 2.00 bits per heavy atom. The van der Waals surface area contributed by atoms with Gasteiger partial charge in [0.2, 0.25) is 5.95 Å². The Balaban J connectivity index is 1.63. The molecule has 4 N–H and O–H groups in total. The summed E-state index contributed by atoms with van der Waals surface area (Å²) in [7, 11) is 0. The van der Waals surface area contributed by atoms with Crippen molar-refractivity contribution in [1.82, 2.24) is 25.9 Å². The number of pyridine rings is 2. The van der Waals surface area contributed by atoms with E-state index in [1.54, 1.807) is 19.1 Å². The van der Waals surface area contributed by atoms with Gasteiger partial charge in [0.1, 0.15) is 12.1 Å². The number of benzene rings is 1. The summed E-state index contributed by atoms with van der Waals surface area (Å²) < 4.78 is 13.9. The van der Waals surface area contributed by atoms with Gasteiger partial charge in [0.25, 0.3) is 0 Å². The number of aryl methyl sites for hydroxylation is 1. The van der Waals surface area contributed by atoms with Gasteiger partial charge in [-0.3, -0.25) is 9.99 Å². The van der Waals surface area contributed by atoms with E-state index < -0.39 is 12.0 Å². The molecular weight excluding hydrogens is 517 g/mol. The van der Waals surface area contributed by atoms with Gasteiger partial charge in [0.05, 0.1) is 33.5 Å². The van der Waals surface area contributed by atoms with Gasteiger partial charge >= 0.3 is 0 Å². The number of rotatable bonds is 7. The van der Waals surface area contributed by atoms with Gasteiger partial charge in [0, 0.05) is 41.1 Å². The molecule has 200 valence electrons. The van der Waals surface area contributed by atoms with Crippen LogP contribution in [0, 0.1) is 40.9 Å². The van der Waals surface area contributed by atoms with E-state index in [9.17, 15) is 14.9 Å². The summed E-state index contributed by atoms with van der Waals surface area (Å²) in [5.41, 5.74) is 10.7. The summed E-state index contributed by atoms with van der Waals surface area (Å²) >= 11 is 6.71. The summed E-state index contributed by atoms with van der Waals surface area (Å²) in [5.74, 6) is -0.583. The molecule has 5 rings (SSSR count). The zero-order chi connectivity index (χ0) is 27.9. The minimum atomic E-state index is -0.587. The molecule has 3 aromatic rings. The third kappa shape index (κ3) is 5.40. The Hall–Kier alpha value is -4.12. The van der Waals surface area contributed by atoms with Crippen LogP contribution in [0.4, 0.5) is 15.8 Å². The molecule has 0 bridgehead atoms. The van der Waals surface area contributed by atoms with Gasteiger partial charge in [-0.25, -0.2) is 4.98 Å². The molecule has 3 heterocycles. The Morgan fingerprint density at radius 3 is 2.64 bits per heavy atom. The average molecular weight is 546 g/mol. The van der Waals surface area contributed by atoms with Crippen molar-refractivity contribution in [2.24, 2.45) is 5.41 Å². The number of nitriles is 2. The second-order valence-electron chi connectivity index (χ2n) is 11.0. The Kier molecular flexibility index (Phi) is 6.94. The number of fused-ring (bicyclic) bond motifs is 1. The fourth-order valence-corrected chi connectivity index (χ4v) is 4.85. The lowest BCUT2D eigenvalue weighted by Crippen LogP contribution is -2.39. The highest BCUT2D eigenvalue weighted by Crippen LogP contribution is 2.39. The van der Waals surface area contributed by atoms with Crippen LogP contribution in [-0.4, -0.2) is 27.6 Å². The molecule has 9 nitrogen and oxygen atoms in total. The van der Waals surface area contributed by atoms with Crippen molar-refractivity contribution in [1.29, 1.82) is 10.5 Å². The number of hydrogen-bond donors (Lipinski definition) is 4. The topological polar surface area (TPSA) is 125 Å². The number of nitrogens with one attached hydrogen (secondary N) is 4. The molecule has 0 spiro atoms. The molecule has 0 unspecified atom stereocenters. The van der Waals surface area contributed by atoms with Crippen LogP contribution in [0.1, 0.15) is 56.5 Å². The molecule has 1 fully saturated rings. The van der Waals surface area contributed by atoms with Gasteiger partial charge in [-0.2, -0.15) is 14.9 Å². The summed E-state index contributed by atoms with van der Waals surface area (Å²) in [6, 6.07) is 10.8. The highest BCUT2D eigenvalue weighted by atomic mass is 35.5. The molecule has 0 saturated heterocycles. The van der Waals surface area contributed by atoms with E-state index in [4.69, 9.17) is 11.6 Å². The lowest BCUT2D eigenvalue weighted by atomic mass is 9.96. The monoisotopic (exact) mass is 545 g/mol. The van der Waals surface area contributed by atoms with Crippen molar-refractivity contribution in [3.8, 4) is 12.1 Å². The number of aromatic nitrogens is 2. The van der Waals surface area contributed by atoms with Crippen LogP contribution >= 0.6 is 11.6 Å². The summed E-state index contributed by atoms with van der Waals surface area (Å²) in [6.45, 7) is 8.67. The fraction of sp³-hybridized carbons (Fsp3) is 0.357. The molecule has 11 heteroatoms. The lowest BCUT2D eigenvalue weighted by Gasteiger charge is -2.24. The molecule has 1 atom stereocenters. The van der Waals surface area contributed by atoms with Crippen molar-refractivity contribution in [2.75, 3.05) is 17.2 Å². The van der Waals surface area contributed by atoms with Crippen LogP contribution < -0.4 is 21.6 Å². The largest absolute Gasteiger partial charge is 0.383 e. The number of hydrazine groups is 2. The van der Waals surface area contributed by atoms with E-state index in [2.05, 4.69) is 64.5 Å². The molecule has 1 saturated carbocycles. The molecular formula is C28H29ClFN9. The quantitative estimate of drug-likeness (QED) is 0.287. The van der Waals surface area contributed by atoms with E-state index >= 15 is 0 Å². The molecule has 1 aromatic carbocycles. The van der Waals surface area contributed by atoms with Crippen molar-refractivity contribution in [3.05, 3.63) is 69.6 Å². The third-order valence-electron chi connectivity index (χ3n) is 6.67. The minimum Gasteiger partial charge on any atom is -0.383 e. The number of anilines is 2. The maximum Gasteiger partial charge on any atom is 0.213 e. The predicted molar refractivity (Wildman–Crippen MR) is 148 cm³/mol. The molecule has 39 heavy (non-hydrogen) atoms. The first-order valence-corrected chi connectivity index (χ1v) is 13.1. The first-order chi connectivity index (χ1) is 18.6. The van der Waals surface area contributed by atoms with Gasteiger partial charge in [0.15, 0.2) is 5.70 Å². The standard InChI is InChI=1S/C28H29ClFN9/c1-15-19(7-8-23(30)35-15)26(27-22(12-32)39(38-37-27)18-5-6-18)36-17-9-20-24(34-14-28(2,3)4)16(11-31)13-33-25(20)21(29)10-17/h7-10,13,18,26,36-38H,5-6,14H2,1-4H3,(H,33,34)/t26-/m0/s1. The SMILES string of the molecule is Cc1nc(F)ccc1[C@H](Nc1cc(Cl)c2ncc(C#N)c(NCC(C)(C)C)c2c1)C1=C(C#N)N(C2CC2)NN1. The van der Waals surface area contributed by atoms with Crippen molar-refractivity contribution in [3.63, 3.8) is 0 Å². The minimum absolute atomic E-state index is 0.0328. The Bertz CT molecular complexity index is 1560. The summed E-state index contributed by atoms with van der Waals surface area (Å²) in [5, 5.41) is 29.7. The van der Waals surface area contributed by atoms with E-state index in [1.165, 1.54) is 12.3 Å². The van der Waals surface area contributed by atoms with Gasteiger partial charge in [-0.1, -0.05) is 38.4 Å². The Morgan fingerprint density at radius 1 is 1.23 bits per heavy atom. The van der Waals surface area contributed by atoms with Gasteiger partial charge < -0.3 is 16.1 Å². The molecule has 1 aliphatic heterocycles. The zero-order valence-electron chi connectivity index (χ0n) is 22.2. The zero-order valence-corrected chi connectivity index (χ0v) is 22.9. The maximum absolute atomic E-state index is 13.9. The number of halogens is 2. The van der Waals surface area contributed by atoms with Crippen LogP contribution in [0.25, 0.3) is 10.9 Å². The van der Waals surface area contributed by atoms with Crippen LogP contribution in [0.2, 0.25) is 5.02 Å². The highest BCUT2D eigenvalue weighted by molar-refractivity contribution is 6.35. The first kappa shape index (κ1) is 26.5. The van der Waals surface area contributed by atoms with E-state index in [1.807, 2.05) is 11.1 Å². The van der Waals surface area contributed by atoms with Crippen LogP contribution in [-0.2, 0) is 0 Å². The third-order valence-corrected chi connectivity index (χ3v) is 6.96. The molecule has 0 amide bonds. The second kappa shape index (κ2) is 10.2. The smallest absolute Gasteiger partial charge is 0.213 e. The van der Waals surface area contributed by atoms with Gasteiger partial charge in [-0.05, 0) is 43.4 Å². The molecule has 2 aromatic heterocycles. The fourth-order valence-electron chi connectivity index (χ4n) is 4.58. The number of hydrogen-bond acceptors (Lipinski definition) is 9. The molecule has 2 aliphatic rings. The Labute approximate surface area is 231 Å². The van der Waals surface area contributed by atoms with E-state index in [0.29, 0.717) is 62.1 Å². The predicted octanol–water partition coefficient (Wildman–Crippen LogP) is 5.44. The van der Waals surface area contributed by atoms with Crippen molar-refractivity contribution < 1.29 is 4.39 Å². The number of allylic oxidation sites excluding steroid dienone is 1. The summed E-state index contributed by atoms with van der Waals surface area (Å²) in [6.07, 6.45) is 3.50. The van der Waals surface area contributed by atoms with E-state index in [0.717, 1.165) is 12.8 Å². The van der Waals surface area contributed by atoms with Gasteiger partial charge in [-0.15, -0.1) is 5.53 Å². The first-order valence-electron chi connectivity index (χ1n) is 12.7. The van der Waals surface area contributed by atoms with E-state index in [-0.39, 0.29) is 11.5 Å². The molecule has 1 aliphatic carbocycles. The average Bonchev–Trinajstić information content (AvgIpc) is 3.64. The van der Waals surface area contributed by atoms with Crippen molar-refractivity contribution in [2.45, 2.75) is 52.6 Å². The second-order valence-corrected chi connectivity index (χ2v) is 11.4. The lowest BCUT2D eigenvalue weighted by molar-refractivity contribution is 0.248. The van der Waals surface area contributed by atoms with Crippen LogP contribution in [0.3, 0.4) is 0 Å². The molecule has 0 radical (unpaired) electrons. The summed E-state index contributed by atoms with van der Waals surface area (Å²) in [4.78, 5) is 8.46. The maximum atomic E-state index is 13.9.